The second-order valence-corrected chi connectivity index (χ2v) is 6.47. The lowest BCUT2D eigenvalue weighted by Crippen LogP contribution is -2.05. The molecule has 4 rings (SSSR count). The summed E-state index contributed by atoms with van der Waals surface area (Å²) in [6.45, 7) is 0.646. The standard InChI is InChI=1S/C23H22N4O2/c1-28-18-11-7-16(8-12-18)15-24-22-20-5-3-4-6-21(20)26-23(27-22)25-17-9-13-19(29-2)14-10-17/h3-14H,15H2,1-2H3,(H2,24,25,26,27). The third kappa shape index (κ3) is 4.38. The predicted molar refractivity (Wildman–Crippen MR) is 116 cm³/mol. The van der Waals surface area contributed by atoms with Crippen LogP contribution in [-0.2, 0) is 6.54 Å². The first-order valence-electron chi connectivity index (χ1n) is 9.30. The number of nitrogens with one attached hydrogen (secondary N) is 2. The van der Waals surface area contributed by atoms with Gasteiger partial charge in [0.25, 0.3) is 0 Å². The van der Waals surface area contributed by atoms with E-state index in [-0.39, 0.29) is 0 Å². The van der Waals surface area contributed by atoms with Gasteiger partial charge in [-0.25, -0.2) is 4.98 Å². The van der Waals surface area contributed by atoms with E-state index in [2.05, 4.69) is 15.6 Å². The Labute approximate surface area is 169 Å². The molecule has 0 radical (unpaired) electrons. The molecule has 4 aromatic rings. The van der Waals surface area contributed by atoms with Crippen LogP contribution in [0.4, 0.5) is 17.5 Å². The van der Waals surface area contributed by atoms with E-state index in [4.69, 9.17) is 14.5 Å². The predicted octanol–water partition coefficient (Wildman–Crippen LogP) is 5.00. The van der Waals surface area contributed by atoms with Crippen molar-refractivity contribution < 1.29 is 9.47 Å². The topological polar surface area (TPSA) is 68.3 Å². The van der Waals surface area contributed by atoms with Gasteiger partial charge in [-0.2, -0.15) is 4.98 Å². The SMILES string of the molecule is COc1ccc(CNc2nc(Nc3ccc(OC)cc3)nc3ccccc23)cc1. The Hall–Kier alpha value is -3.80. The van der Waals surface area contributed by atoms with E-state index in [0.717, 1.165) is 39.5 Å². The first kappa shape index (κ1) is 18.6. The molecule has 146 valence electrons. The maximum atomic E-state index is 5.22. The number of hydrogen-bond donors (Lipinski definition) is 2. The van der Waals surface area contributed by atoms with Gasteiger partial charge in [0.05, 0.1) is 19.7 Å². The average Bonchev–Trinajstić information content (AvgIpc) is 2.78. The molecule has 0 saturated heterocycles. The molecular weight excluding hydrogens is 364 g/mol. The molecule has 0 unspecified atom stereocenters. The number of aromatic nitrogens is 2. The molecule has 6 nitrogen and oxygen atoms in total. The van der Waals surface area contributed by atoms with Gasteiger partial charge >= 0.3 is 0 Å². The Morgan fingerprint density at radius 1 is 0.759 bits per heavy atom. The van der Waals surface area contributed by atoms with Gasteiger partial charge in [0.1, 0.15) is 17.3 Å². The Kier molecular flexibility index (Phi) is 5.42. The van der Waals surface area contributed by atoms with Gasteiger partial charge < -0.3 is 20.1 Å². The van der Waals surface area contributed by atoms with Crippen molar-refractivity contribution in [3.8, 4) is 11.5 Å². The van der Waals surface area contributed by atoms with Crippen molar-refractivity contribution in [1.82, 2.24) is 9.97 Å². The zero-order valence-electron chi connectivity index (χ0n) is 16.3. The normalized spacial score (nSPS) is 10.6. The second-order valence-electron chi connectivity index (χ2n) is 6.47. The Bertz CT molecular complexity index is 1100. The monoisotopic (exact) mass is 386 g/mol. The van der Waals surface area contributed by atoms with Gasteiger partial charge in [0.15, 0.2) is 0 Å². The molecule has 0 bridgehead atoms. The molecule has 29 heavy (non-hydrogen) atoms. The summed E-state index contributed by atoms with van der Waals surface area (Å²) in [4.78, 5) is 9.34. The summed E-state index contributed by atoms with van der Waals surface area (Å²) in [6, 6.07) is 23.6. The van der Waals surface area contributed by atoms with Gasteiger partial charge in [-0.1, -0.05) is 24.3 Å². The minimum atomic E-state index is 0.533. The van der Waals surface area contributed by atoms with Crippen LogP contribution in [0.25, 0.3) is 10.9 Å². The molecule has 6 heteroatoms. The molecule has 0 atom stereocenters. The summed E-state index contributed by atoms with van der Waals surface area (Å²) in [7, 11) is 3.31. The lowest BCUT2D eigenvalue weighted by atomic mass is 10.2. The summed E-state index contributed by atoms with van der Waals surface area (Å²) >= 11 is 0. The largest absolute Gasteiger partial charge is 0.497 e. The van der Waals surface area contributed by atoms with E-state index in [0.29, 0.717) is 12.5 Å². The molecule has 0 aliphatic carbocycles. The number of hydrogen-bond acceptors (Lipinski definition) is 6. The molecule has 0 fully saturated rings. The zero-order chi connectivity index (χ0) is 20.1. The minimum absolute atomic E-state index is 0.533. The van der Waals surface area contributed by atoms with Crippen LogP contribution in [0.15, 0.2) is 72.8 Å². The van der Waals surface area contributed by atoms with E-state index in [1.165, 1.54) is 0 Å². The number of methoxy groups -OCH3 is 2. The van der Waals surface area contributed by atoms with Crippen LogP contribution in [0.3, 0.4) is 0 Å². The number of nitrogens with zero attached hydrogens (tertiary/aromatic N) is 2. The summed E-state index contributed by atoms with van der Waals surface area (Å²) in [5.41, 5.74) is 2.90. The molecule has 0 aliphatic heterocycles. The van der Waals surface area contributed by atoms with E-state index >= 15 is 0 Å². The first-order valence-corrected chi connectivity index (χ1v) is 9.30. The van der Waals surface area contributed by atoms with Gasteiger partial charge in [-0.15, -0.1) is 0 Å². The summed E-state index contributed by atoms with van der Waals surface area (Å²) < 4.78 is 10.4. The minimum Gasteiger partial charge on any atom is -0.497 e. The smallest absolute Gasteiger partial charge is 0.229 e. The summed E-state index contributed by atoms with van der Waals surface area (Å²) in [5.74, 6) is 2.96. The highest BCUT2D eigenvalue weighted by Crippen LogP contribution is 2.25. The van der Waals surface area contributed by atoms with Crippen molar-refractivity contribution in [2.24, 2.45) is 0 Å². The molecular formula is C23H22N4O2. The number of ether oxygens (including phenoxy) is 2. The fourth-order valence-electron chi connectivity index (χ4n) is 3.00. The van der Waals surface area contributed by atoms with Crippen LogP contribution in [0.2, 0.25) is 0 Å². The van der Waals surface area contributed by atoms with Crippen LogP contribution in [0, 0.1) is 0 Å². The maximum absolute atomic E-state index is 5.22. The molecule has 2 N–H and O–H groups in total. The number of rotatable bonds is 7. The van der Waals surface area contributed by atoms with Crippen molar-refractivity contribution in [3.05, 3.63) is 78.4 Å². The van der Waals surface area contributed by atoms with Crippen LogP contribution in [-0.4, -0.2) is 24.2 Å². The highest BCUT2D eigenvalue weighted by molar-refractivity contribution is 5.90. The molecule has 0 spiro atoms. The van der Waals surface area contributed by atoms with Crippen molar-refractivity contribution in [1.29, 1.82) is 0 Å². The number of para-hydroxylation sites is 1. The van der Waals surface area contributed by atoms with Gasteiger partial charge in [0, 0.05) is 17.6 Å². The lowest BCUT2D eigenvalue weighted by Gasteiger charge is -2.12. The summed E-state index contributed by atoms with van der Waals surface area (Å²) in [5, 5.41) is 7.67. The third-order valence-electron chi connectivity index (χ3n) is 4.57. The van der Waals surface area contributed by atoms with Gasteiger partial charge in [-0.3, -0.25) is 0 Å². The molecule has 0 amide bonds. The third-order valence-corrected chi connectivity index (χ3v) is 4.57. The van der Waals surface area contributed by atoms with Gasteiger partial charge in [-0.05, 0) is 54.1 Å². The quantitative estimate of drug-likeness (QED) is 0.466. The Balaban J connectivity index is 1.59. The molecule has 3 aromatic carbocycles. The Morgan fingerprint density at radius 3 is 2.10 bits per heavy atom. The van der Waals surface area contributed by atoms with Crippen molar-refractivity contribution in [2.45, 2.75) is 6.54 Å². The highest BCUT2D eigenvalue weighted by atomic mass is 16.5. The summed E-state index contributed by atoms with van der Waals surface area (Å²) in [6.07, 6.45) is 0. The van der Waals surface area contributed by atoms with Crippen LogP contribution in [0.1, 0.15) is 5.56 Å². The molecule has 1 heterocycles. The fourth-order valence-corrected chi connectivity index (χ4v) is 3.00. The average molecular weight is 386 g/mol. The van der Waals surface area contributed by atoms with Crippen molar-refractivity contribution in [3.63, 3.8) is 0 Å². The maximum Gasteiger partial charge on any atom is 0.229 e. The number of fused-ring (bicyclic) bond motifs is 1. The van der Waals surface area contributed by atoms with Crippen LogP contribution < -0.4 is 20.1 Å². The number of anilines is 3. The van der Waals surface area contributed by atoms with Crippen LogP contribution >= 0.6 is 0 Å². The van der Waals surface area contributed by atoms with E-state index in [1.54, 1.807) is 14.2 Å². The molecule has 1 aromatic heterocycles. The highest BCUT2D eigenvalue weighted by Gasteiger charge is 2.08. The Morgan fingerprint density at radius 2 is 1.41 bits per heavy atom. The van der Waals surface area contributed by atoms with Gasteiger partial charge in [0.2, 0.25) is 5.95 Å². The molecule has 0 aliphatic rings. The zero-order valence-corrected chi connectivity index (χ0v) is 16.3. The van der Waals surface area contributed by atoms with Crippen molar-refractivity contribution in [2.75, 3.05) is 24.9 Å². The van der Waals surface area contributed by atoms with Crippen LogP contribution in [0.5, 0.6) is 11.5 Å². The fraction of sp³-hybridized carbons (Fsp3) is 0.130. The first-order chi connectivity index (χ1) is 14.2. The van der Waals surface area contributed by atoms with E-state index in [1.807, 2.05) is 72.8 Å². The lowest BCUT2D eigenvalue weighted by molar-refractivity contribution is 0.414. The second kappa shape index (κ2) is 8.48. The molecule has 0 saturated carbocycles. The number of benzene rings is 3. The van der Waals surface area contributed by atoms with Crippen molar-refractivity contribution >= 4 is 28.4 Å². The van der Waals surface area contributed by atoms with E-state index < -0.39 is 0 Å². The van der Waals surface area contributed by atoms with E-state index in [9.17, 15) is 0 Å².